The van der Waals surface area contributed by atoms with Crippen LogP contribution in [-0.2, 0) is 0 Å². The van der Waals surface area contributed by atoms with Crippen LogP contribution in [0.2, 0.25) is 0 Å². The van der Waals surface area contributed by atoms with Gasteiger partial charge in [0.2, 0.25) is 5.88 Å². The van der Waals surface area contributed by atoms with Crippen LogP contribution in [0.1, 0.15) is 10.4 Å². The number of aromatic hydroxyl groups is 1. The Kier molecular flexibility index (Phi) is 1.96. The molecular formula is C5H5N3O3S. The quantitative estimate of drug-likeness (QED) is 0.433. The van der Waals surface area contributed by atoms with Crippen molar-refractivity contribution in [2.75, 3.05) is 0 Å². The molecule has 0 bridgehead atoms. The molecule has 0 fully saturated rings. The fraction of sp³-hybridized carbons (Fsp3) is 0. The second-order valence-corrected chi connectivity index (χ2v) is 2.40. The first-order chi connectivity index (χ1) is 5.52. The molecule has 1 amide bonds. The summed E-state index contributed by atoms with van der Waals surface area (Å²) in [7, 11) is 0. The van der Waals surface area contributed by atoms with E-state index in [-0.39, 0.29) is 4.77 Å². The first kappa shape index (κ1) is 8.47. The Bertz CT molecular complexity index is 432. The van der Waals surface area contributed by atoms with Crippen LogP contribution in [0, 0.1) is 4.77 Å². The lowest BCUT2D eigenvalue weighted by atomic mass is 10.3. The van der Waals surface area contributed by atoms with Gasteiger partial charge in [0.15, 0.2) is 10.3 Å². The highest BCUT2D eigenvalue weighted by Gasteiger charge is 2.12. The van der Waals surface area contributed by atoms with E-state index in [0.717, 1.165) is 0 Å². The van der Waals surface area contributed by atoms with E-state index in [1.54, 1.807) is 0 Å². The molecule has 0 saturated heterocycles. The summed E-state index contributed by atoms with van der Waals surface area (Å²) in [4.78, 5) is 25.7. The minimum Gasteiger partial charge on any atom is -0.494 e. The number of rotatable bonds is 1. The number of primary amides is 1. The largest absolute Gasteiger partial charge is 0.494 e. The first-order valence-corrected chi connectivity index (χ1v) is 3.28. The van der Waals surface area contributed by atoms with Gasteiger partial charge in [-0.15, -0.1) is 0 Å². The van der Waals surface area contributed by atoms with Gasteiger partial charge in [-0.3, -0.25) is 14.6 Å². The van der Waals surface area contributed by atoms with Crippen LogP contribution in [-0.4, -0.2) is 21.0 Å². The van der Waals surface area contributed by atoms with E-state index < -0.39 is 22.9 Å². The maximum atomic E-state index is 10.9. The van der Waals surface area contributed by atoms with Gasteiger partial charge in [-0.2, -0.15) is 0 Å². The van der Waals surface area contributed by atoms with Gasteiger partial charge in [-0.05, 0) is 12.2 Å². The lowest BCUT2D eigenvalue weighted by Crippen LogP contribution is -2.24. The topological polar surface area (TPSA) is 112 Å². The summed E-state index contributed by atoms with van der Waals surface area (Å²) in [6.07, 6.45) is 0. The first-order valence-electron chi connectivity index (χ1n) is 2.87. The van der Waals surface area contributed by atoms with E-state index in [1.807, 2.05) is 0 Å². The van der Waals surface area contributed by atoms with Crippen molar-refractivity contribution in [3.05, 3.63) is 20.7 Å². The molecular weight excluding hydrogens is 182 g/mol. The van der Waals surface area contributed by atoms with Crippen LogP contribution < -0.4 is 11.3 Å². The second-order valence-electron chi connectivity index (χ2n) is 2.00. The zero-order valence-electron chi connectivity index (χ0n) is 5.75. The molecule has 0 unspecified atom stereocenters. The molecule has 0 aromatic carbocycles. The summed E-state index contributed by atoms with van der Waals surface area (Å²) in [6, 6.07) is 0. The van der Waals surface area contributed by atoms with Crippen molar-refractivity contribution in [2.45, 2.75) is 0 Å². The molecule has 6 nitrogen and oxygen atoms in total. The second kappa shape index (κ2) is 2.78. The van der Waals surface area contributed by atoms with E-state index in [9.17, 15) is 9.59 Å². The van der Waals surface area contributed by atoms with Gasteiger partial charge >= 0.3 is 0 Å². The van der Waals surface area contributed by atoms with Crippen LogP contribution in [0.3, 0.4) is 0 Å². The predicted octanol–water partition coefficient (Wildman–Crippen LogP) is -0.763. The van der Waals surface area contributed by atoms with Crippen LogP contribution in [0.25, 0.3) is 0 Å². The Hall–Kier alpha value is -1.63. The number of hydrogen-bond donors (Lipinski definition) is 4. The Balaban J connectivity index is 3.60. The average molecular weight is 187 g/mol. The van der Waals surface area contributed by atoms with Gasteiger partial charge in [-0.1, -0.05) is 0 Å². The van der Waals surface area contributed by atoms with Crippen LogP contribution >= 0.6 is 12.2 Å². The number of hydrogen-bond acceptors (Lipinski definition) is 4. The van der Waals surface area contributed by atoms with Gasteiger partial charge in [-0.25, -0.2) is 0 Å². The van der Waals surface area contributed by atoms with Crippen molar-refractivity contribution in [1.29, 1.82) is 0 Å². The van der Waals surface area contributed by atoms with Crippen LogP contribution in [0.5, 0.6) is 5.88 Å². The maximum absolute atomic E-state index is 10.9. The molecule has 0 radical (unpaired) electrons. The normalized spacial score (nSPS) is 9.67. The molecule has 0 aliphatic rings. The van der Waals surface area contributed by atoms with Crippen molar-refractivity contribution in [1.82, 2.24) is 9.97 Å². The van der Waals surface area contributed by atoms with Crippen molar-refractivity contribution >= 4 is 18.1 Å². The molecule has 1 aromatic heterocycles. The molecule has 0 saturated carbocycles. The van der Waals surface area contributed by atoms with Crippen LogP contribution in [0.15, 0.2) is 4.79 Å². The summed E-state index contributed by atoms with van der Waals surface area (Å²) >= 11 is 4.51. The Morgan fingerprint density at radius 2 is 2.08 bits per heavy atom. The molecule has 1 aromatic rings. The van der Waals surface area contributed by atoms with E-state index >= 15 is 0 Å². The third kappa shape index (κ3) is 1.35. The number of aromatic amines is 2. The smallest absolute Gasteiger partial charge is 0.268 e. The Morgan fingerprint density at radius 3 is 2.50 bits per heavy atom. The SMILES string of the molecule is NC(=O)c1c(O)[nH]c(=S)[nH]c1=O. The lowest BCUT2D eigenvalue weighted by molar-refractivity contribution is 0.0995. The van der Waals surface area contributed by atoms with Gasteiger partial charge in [0.1, 0.15) is 0 Å². The third-order valence-corrected chi connectivity index (χ3v) is 1.37. The summed E-state index contributed by atoms with van der Waals surface area (Å²) in [5.74, 6) is -1.63. The minimum absolute atomic E-state index is 0.0671. The van der Waals surface area contributed by atoms with Gasteiger partial charge in [0, 0.05) is 0 Å². The number of H-pyrrole nitrogens is 2. The highest BCUT2D eigenvalue weighted by molar-refractivity contribution is 7.71. The van der Waals surface area contributed by atoms with Crippen LogP contribution in [0.4, 0.5) is 0 Å². The minimum atomic E-state index is -1.01. The molecule has 0 aliphatic carbocycles. The number of carbonyl (C=O) groups is 1. The number of amides is 1. The molecule has 0 atom stereocenters. The lowest BCUT2D eigenvalue weighted by Gasteiger charge is -1.96. The number of aromatic nitrogens is 2. The molecule has 7 heteroatoms. The molecule has 12 heavy (non-hydrogen) atoms. The van der Waals surface area contributed by atoms with Crippen molar-refractivity contribution in [2.24, 2.45) is 5.73 Å². The van der Waals surface area contributed by atoms with Gasteiger partial charge < -0.3 is 15.8 Å². The summed E-state index contributed by atoms with van der Waals surface area (Å²) in [5.41, 5.74) is 3.47. The van der Waals surface area contributed by atoms with E-state index in [1.165, 1.54) is 0 Å². The van der Waals surface area contributed by atoms with E-state index in [2.05, 4.69) is 22.2 Å². The van der Waals surface area contributed by atoms with Crippen molar-refractivity contribution in [3.63, 3.8) is 0 Å². The van der Waals surface area contributed by atoms with Gasteiger partial charge in [0.05, 0.1) is 0 Å². The standard InChI is InChI=1S/C5H5N3O3S/c6-2(9)1-3(10)7-5(12)8-4(1)11/h(H2,6,9)(H3,7,8,10,11,12). The highest BCUT2D eigenvalue weighted by atomic mass is 32.1. The number of nitrogens with two attached hydrogens (primary N) is 1. The molecule has 5 N–H and O–H groups in total. The Morgan fingerprint density at radius 1 is 1.50 bits per heavy atom. The fourth-order valence-corrected chi connectivity index (χ4v) is 0.892. The molecule has 64 valence electrons. The van der Waals surface area contributed by atoms with Crippen molar-refractivity contribution < 1.29 is 9.90 Å². The predicted molar refractivity (Wildman–Crippen MR) is 42.4 cm³/mol. The highest BCUT2D eigenvalue weighted by Crippen LogP contribution is 2.04. The zero-order valence-corrected chi connectivity index (χ0v) is 6.57. The summed E-state index contributed by atoms with van der Waals surface area (Å²) in [6.45, 7) is 0. The molecule has 1 heterocycles. The maximum Gasteiger partial charge on any atom is 0.268 e. The van der Waals surface area contributed by atoms with E-state index in [4.69, 9.17) is 10.8 Å². The molecule has 0 spiro atoms. The van der Waals surface area contributed by atoms with E-state index in [0.29, 0.717) is 0 Å². The zero-order chi connectivity index (χ0) is 9.30. The Labute approximate surface area is 71.1 Å². The average Bonchev–Trinajstić information content (AvgIpc) is 1.82. The molecule has 0 aliphatic heterocycles. The van der Waals surface area contributed by atoms with Gasteiger partial charge in [0.25, 0.3) is 11.5 Å². The summed E-state index contributed by atoms with van der Waals surface area (Å²) in [5, 5.41) is 9.00. The monoisotopic (exact) mass is 187 g/mol. The summed E-state index contributed by atoms with van der Waals surface area (Å²) < 4.78 is -0.0671. The fourth-order valence-electron chi connectivity index (χ4n) is 0.703. The molecule has 1 rings (SSSR count). The third-order valence-electron chi connectivity index (χ3n) is 1.17. The van der Waals surface area contributed by atoms with Crippen molar-refractivity contribution in [3.8, 4) is 5.88 Å². The number of carbonyl (C=O) groups excluding carboxylic acids is 1. The number of nitrogens with one attached hydrogen (secondary N) is 2.